The maximum absolute atomic E-state index is 2.28. The molecular formula is C56H48S8. The summed E-state index contributed by atoms with van der Waals surface area (Å²) in [4.78, 5) is 0. The van der Waals surface area contributed by atoms with Crippen LogP contribution in [-0.4, -0.2) is 0 Å². The molecule has 0 radical (unpaired) electrons. The van der Waals surface area contributed by atoms with Crippen molar-refractivity contribution in [2.75, 3.05) is 0 Å². The first-order valence-electron chi connectivity index (χ1n) is 21.4. The van der Waals surface area contributed by atoms with E-state index in [0.717, 1.165) is 46.0 Å². The van der Waals surface area contributed by atoms with Gasteiger partial charge in [-0.05, 0) is 89.0 Å². The van der Waals surface area contributed by atoms with Gasteiger partial charge in [-0.3, -0.25) is 0 Å². The Hall–Kier alpha value is -3.44. The maximum Gasteiger partial charge on any atom is 0.0288 e. The molecule has 8 aromatic carbocycles. The first kappa shape index (κ1) is 45.7. The van der Waals surface area contributed by atoms with E-state index in [1.807, 2.05) is 86.4 Å². The van der Waals surface area contributed by atoms with Gasteiger partial charge in [-0.2, -0.15) is 0 Å². The van der Waals surface area contributed by atoms with Gasteiger partial charge in [0, 0.05) is 46.0 Å². The van der Waals surface area contributed by atoms with Crippen LogP contribution in [-0.2, 0) is 46.0 Å². The molecular weight excluding hydrogens is 929 g/mol. The summed E-state index contributed by atoms with van der Waals surface area (Å²) in [6, 6.07) is 72.8. The summed E-state index contributed by atoms with van der Waals surface area (Å²) < 4.78 is 0. The van der Waals surface area contributed by atoms with Crippen LogP contribution in [0, 0.1) is 0 Å². The van der Waals surface area contributed by atoms with Crippen LogP contribution in [0.3, 0.4) is 0 Å². The zero-order chi connectivity index (χ0) is 43.2. The predicted molar refractivity (Wildman–Crippen MR) is 298 cm³/mol. The van der Waals surface area contributed by atoms with E-state index in [0.29, 0.717) is 0 Å². The molecule has 0 saturated heterocycles. The average Bonchev–Trinajstić information content (AvgIpc) is 3.36. The van der Waals surface area contributed by atoms with Gasteiger partial charge in [0.25, 0.3) is 0 Å². The second-order valence-corrected chi connectivity index (χ2v) is 25.5. The smallest absolute Gasteiger partial charge is 0.0288 e. The summed E-state index contributed by atoms with van der Waals surface area (Å²) in [6.45, 7) is 0. The van der Waals surface area contributed by atoms with Crippen LogP contribution in [0.15, 0.2) is 194 Å². The van der Waals surface area contributed by atoms with Crippen molar-refractivity contribution in [2.24, 2.45) is 0 Å². The molecule has 0 amide bonds. The van der Waals surface area contributed by atoms with Crippen LogP contribution < -0.4 is 0 Å². The lowest BCUT2D eigenvalue weighted by Gasteiger charge is -2.08. The van der Waals surface area contributed by atoms with Crippen molar-refractivity contribution < 1.29 is 0 Å². The van der Waals surface area contributed by atoms with Gasteiger partial charge in [0.15, 0.2) is 0 Å². The van der Waals surface area contributed by atoms with Crippen LogP contribution >= 0.6 is 86.4 Å². The lowest BCUT2D eigenvalue weighted by atomic mass is 10.0. The fourth-order valence-corrected chi connectivity index (χ4v) is 15.8. The van der Waals surface area contributed by atoms with E-state index in [4.69, 9.17) is 0 Å². The first-order valence-corrected chi connectivity index (χ1v) is 31.3. The SMILES string of the molecule is c1cc2ccc1CSSCc1ccc(cc1)-c1ccc(cc1)CSSCc1ccc(cc1)-c1ccc(cc1)CSSCc1ccc(cc1)-c1ccc(cc1)CSSCc1ccc-2cc1. The minimum Gasteiger partial charge on any atom is -0.0890 e. The van der Waals surface area contributed by atoms with E-state index in [9.17, 15) is 0 Å². The Kier molecular flexibility index (Phi) is 17.0. The molecule has 8 heteroatoms. The molecule has 8 aromatic rings. The van der Waals surface area contributed by atoms with Crippen molar-refractivity contribution in [1.82, 2.24) is 0 Å². The largest absolute Gasteiger partial charge is 0.0890 e. The molecule has 64 heavy (non-hydrogen) atoms. The zero-order valence-electron chi connectivity index (χ0n) is 35.4. The molecule has 0 atom stereocenters. The van der Waals surface area contributed by atoms with Crippen LogP contribution in [0.1, 0.15) is 44.5 Å². The van der Waals surface area contributed by atoms with Gasteiger partial charge in [-0.1, -0.05) is 280 Å². The Morgan fingerprint density at radius 3 is 0.328 bits per heavy atom. The van der Waals surface area contributed by atoms with Crippen LogP contribution in [0.25, 0.3) is 44.5 Å². The molecule has 22 aliphatic rings. The highest BCUT2D eigenvalue weighted by atomic mass is 33.1. The molecule has 0 aromatic heterocycles. The molecule has 0 spiro atoms. The van der Waals surface area contributed by atoms with E-state index in [-0.39, 0.29) is 0 Å². The van der Waals surface area contributed by atoms with E-state index < -0.39 is 0 Å². The van der Waals surface area contributed by atoms with Gasteiger partial charge in [-0.15, -0.1) is 0 Å². The normalized spacial score (nSPS) is 14.5. The Morgan fingerprint density at radius 1 is 0.141 bits per heavy atom. The Bertz CT molecular complexity index is 2070. The summed E-state index contributed by atoms with van der Waals surface area (Å²) in [5, 5.41) is 0. The molecule has 0 saturated carbocycles. The summed E-state index contributed by atoms with van der Waals surface area (Å²) in [7, 11) is 15.5. The molecule has 16 bridgehead atoms. The zero-order valence-corrected chi connectivity index (χ0v) is 41.9. The summed E-state index contributed by atoms with van der Waals surface area (Å²) in [5.74, 6) is 7.99. The molecule has 22 heterocycles. The Balaban J connectivity index is 0.809. The van der Waals surface area contributed by atoms with Crippen LogP contribution in [0.2, 0.25) is 0 Å². The standard InChI is InChI=1S/C56H48S8/c1-17-49-18-2-41(1)33-57-58-34-43-5-21-51(22-6-43)52-23-7-45(8-24-52)37-61-62-38-47-13-29-55(30-14-47)56-31-15-48(16-32-56)40-64-63-39-46-11-27-54(28-12-46)53-25-9-44(10-26-53)36-60-59-35-42-3-19-50(49)20-4-42/h1-32H,33-40H2. The third-order valence-electron chi connectivity index (χ3n) is 11.1. The van der Waals surface area contributed by atoms with Gasteiger partial charge in [0.1, 0.15) is 0 Å². The van der Waals surface area contributed by atoms with Crippen molar-refractivity contribution in [1.29, 1.82) is 0 Å². The molecule has 0 unspecified atom stereocenters. The Labute approximate surface area is 411 Å². The summed E-state index contributed by atoms with van der Waals surface area (Å²) in [5.41, 5.74) is 21.1. The fraction of sp³-hybridized carbons (Fsp3) is 0.143. The third-order valence-corrected chi connectivity index (χ3v) is 20.2. The highest BCUT2D eigenvalue weighted by Crippen LogP contribution is 2.36. The molecule has 0 fully saturated rings. The van der Waals surface area contributed by atoms with Gasteiger partial charge >= 0.3 is 0 Å². The summed E-state index contributed by atoms with van der Waals surface area (Å²) in [6.07, 6.45) is 0. The van der Waals surface area contributed by atoms with Crippen molar-refractivity contribution in [2.45, 2.75) is 46.0 Å². The van der Waals surface area contributed by atoms with Crippen LogP contribution in [0.5, 0.6) is 0 Å². The van der Waals surface area contributed by atoms with Crippen molar-refractivity contribution in [3.05, 3.63) is 239 Å². The van der Waals surface area contributed by atoms with E-state index in [1.165, 1.54) is 89.0 Å². The number of hydrogen-bond acceptors (Lipinski definition) is 8. The average molecular weight is 978 g/mol. The first-order chi connectivity index (χ1) is 31.7. The Morgan fingerprint density at radius 2 is 0.234 bits per heavy atom. The number of hydrogen-bond donors (Lipinski definition) is 0. The molecule has 320 valence electrons. The van der Waals surface area contributed by atoms with Crippen LogP contribution in [0.4, 0.5) is 0 Å². The van der Waals surface area contributed by atoms with Crippen molar-refractivity contribution >= 4 is 86.4 Å². The highest BCUT2D eigenvalue weighted by molar-refractivity contribution is 8.77. The summed E-state index contributed by atoms with van der Waals surface area (Å²) >= 11 is 0. The van der Waals surface area contributed by atoms with E-state index in [2.05, 4.69) is 194 Å². The molecule has 0 nitrogen and oxygen atoms in total. The van der Waals surface area contributed by atoms with Crippen molar-refractivity contribution in [3.63, 3.8) is 0 Å². The second-order valence-electron chi connectivity index (χ2n) is 15.7. The van der Waals surface area contributed by atoms with E-state index in [1.54, 1.807) is 0 Å². The van der Waals surface area contributed by atoms with E-state index >= 15 is 0 Å². The molecule has 0 aliphatic carbocycles. The topological polar surface area (TPSA) is 0 Å². The monoisotopic (exact) mass is 976 g/mol. The predicted octanol–water partition coefficient (Wildman–Crippen LogP) is 19.0. The second kappa shape index (κ2) is 23.8. The minimum atomic E-state index is 0.999. The van der Waals surface area contributed by atoms with Gasteiger partial charge in [0.05, 0.1) is 0 Å². The van der Waals surface area contributed by atoms with Gasteiger partial charge in [-0.25, -0.2) is 0 Å². The molecule has 0 N–H and O–H groups in total. The number of benzene rings is 8. The molecule has 22 aliphatic heterocycles. The van der Waals surface area contributed by atoms with Crippen molar-refractivity contribution in [3.8, 4) is 44.5 Å². The van der Waals surface area contributed by atoms with Gasteiger partial charge < -0.3 is 0 Å². The highest BCUT2D eigenvalue weighted by Gasteiger charge is 2.07. The number of rotatable bonds is 0. The quantitative estimate of drug-likeness (QED) is 0.136. The fourth-order valence-electron chi connectivity index (χ4n) is 7.23. The van der Waals surface area contributed by atoms with Gasteiger partial charge in [0.2, 0.25) is 0 Å². The lowest BCUT2D eigenvalue weighted by Crippen LogP contribution is -1.85. The lowest BCUT2D eigenvalue weighted by molar-refractivity contribution is 1.40. The third kappa shape index (κ3) is 13.3. The maximum atomic E-state index is 2.28. The minimum absolute atomic E-state index is 0.999. The molecule has 30 rings (SSSR count).